The molecule has 0 aliphatic carbocycles. The number of hydrogen-bond acceptors (Lipinski definition) is 6. The van der Waals surface area contributed by atoms with Gasteiger partial charge < -0.3 is 15.4 Å². The lowest BCUT2D eigenvalue weighted by Gasteiger charge is -2.12. The highest BCUT2D eigenvalue weighted by Crippen LogP contribution is 2.31. The molecule has 0 aliphatic heterocycles. The lowest BCUT2D eigenvalue weighted by molar-refractivity contribution is -0.115. The molecule has 2 amide bonds. The van der Waals surface area contributed by atoms with Crippen LogP contribution in [0.15, 0.2) is 83.8 Å². The Hall–Kier alpha value is -3.62. The van der Waals surface area contributed by atoms with Gasteiger partial charge in [-0.2, -0.15) is 0 Å². The second-order valence-corrected chi connectivity index (χ2v) is 10.4. The van der Waals surface area contributed by atoms with Crippen LogP contribution in [0, 0.1) is 6.92 Å². The lowest BCUT2D eigenvalue weighted by atomic mass is 10.1. The topological polar surface area (TPSA) is 80.3 Å². The number of ether oxygens (including phenoxy) is 1. The average molecular weight is 504 g/mol. The molecular weight excluding hydrogens is 478 g/mol. The van der Waals surface area contributed by atoms with Gasteiger partial charge in [-0.1, -0.05) is 36.4 Å². The van der Waals surface area contributed by atoms with Crippen LogP contribution in [0.4, 0.5) is 10.8 Å². The monoisotopic (exact) mass is 503 g/mol. The molecule has 3 aromatic carbocycles. The Kier molecular flexibility index (Phi) is 7.84. The van der Waals surface area contributed by atoms with Crippen molar-refractivity contribution in [3.63, 3.8) is 0 Å². The number of carbonyl (C=O) groups excluding carboxylic acids is 2. The molecule has 1 unspecified atom stereocenters. The van der Waals surface area contributed by atoms with Crippen LogP contribution >= 0.6 is 23.1 Å². The molecule has 0 fully saturated rings. The molecule has 178 valence electrons. The van der Waals surface area contributed by atoms with Gasteiger partial charge in [0.25, 0.3) is 5.91 Å². The summed E-state index contributed by atoms with van der Waals surface area (Å²) in [7, 11) is 1.58. The maximum absolute atomic E-state index is 12.8. The molecule has 4 rings (SSSR count). The molecule has 4 aromatic rings. The molecule has 1 heterocycles. The number of aromatic nitrogens is 1. The van der Waals surface area contributed by atoms with Crippen molar-refractivity contribution in [1.29, 1.82) is 0 Å². The highest BCUT2D eigenvalue weighted by Gasteiger charge is 2.18. The van der Waals surface area contributed by atoms with Gasteiger partial charge in [0, 0.05) is 26.6 Å². The predicted molar refractivity (Wildman–Crippen MR) is 144 cm³/mol. The lowest BCUT2D eigenvalue weighted by Crippen LogP contribution is -2.22. The van der Waals surface area contributed by atoms with E-state index in [4.69, 9.17) is 4.74 Å². The van der Waals surface area contributed by atoms with Gasteiger partial charge in [-0.25, -0.2) is 4.98 Å². The maximum Gasteiger partial charge on any atom is 0.255 e. The molecule has 0 aliphatic rings. The van der Waals surface area contributed by atoms with Gasteiger partial charge in [-0.3, -0.25) is 9.59 Å². The van der Waals surface area contributed by atoms with Crippen molar-refractivity contribution in [1.82, 2.24) is 4.98 Å². The van der Waals surface area contributed by atoms with Crippen molar-refractivity contribution in [3.8, 4) is 17.0 Å². The highest BCUT2D eigenvalue weighted by atomic mass is 32.2. The molecule has 0 saturated carbocycles. The Balaban J connectivity index is 1.37. The number of nitrogens with one attached hydrogen (secondary N) is 2. The molecule has 0 radical (unpaired) electrons. The Labute approximate surface area is 212 Å². The van der Waals surface area contributed by atoms with Crippen molar-refractivity contribution in [2.24, 2.45) is 0 Å². The van der Waals surface area contributed by atoms with Crippen LogP contribution in [-0.4, -0.2) is 29.2 Å². The number of benzene rings is 3. The summed E-state index contributed by atoms with van der Waals surface area (Å²) in [6, 6.07) is 24.3. The molecule has 0 saturated heterocycles. The Morgan fingerprint density at radius 3 is 2.43 bits per heavy atom. The summed E-state index contributed by atoms with van der Waals surface area (Å²) in [5.74, 6) is 0.349. The van der Waals surface area contributed by atoms with Crippen LogP contribution in [0.1, 0.15) is 22.2 Å². The summed E-state index contributed by atoms with van der Waals surface area (Å²) in [6.07, 6.45) is 0. The molecule has 1 atom stereocenters. The standard InChI is InChI=1S/C27H25N3O3S2/c1-17-24(19-8-5-4-6-9-19)29-27(35-17)30-25(31)18(2)34-23-11-7-10-21(16-23)28-26(32)20-12-14-22(33-3)15-13-20/h4-16,18H,1-3H3,(H,28,32)(H,29,30,31). The zero-order valence-electron chi connectivity index (χ0n) is 19.6. The summed E-state index contributed by atoms with van der Waals surface area (Å²) in [5, 5.41) is 6.07. The minimum Gasteiger partial charge on any atom is -0.497 e. The normalized spacial score (nSPS) is 11.5. The van der Waals surface area contributed by atoms with E-state index in [-0.39, 0.29) is 17.1 Å². The van der Waals surface area contributed by atoms with Gasteiger partial charge in [0.15, 0.2) is 5.13 Å². The van der Waals surface area contributed by atoms with Crippen LogP contribution in [-0.2, 0) is 4.79 Å². The summed E-state index contributed by atoms with van der Waals surface area (Å²) in [4.78, 5) is 31.9. The number of thioether (sulfide) groups is 1. The Bertz CT molecular complexity index is 1320. The van der Waals surface area contributed by atoms with Gasteiger partial charge in [0.2, 0.25) is 5.91 Å². The number of nitrogens with zero attached hydrogens (tertiary/aromatic N) is 1. The molecule has 6 nitrogen and oxygen atoms in total. The first-order valence-electron chi connectivity index (χ1n) is 11.0. The first-order valence-corrected chi connectivity index (χ1v) is 12.7. The zero-order chi connectivity index (χ0) is 24.8. The molecule has 0 bridgehead atoms. The van der Waals surface area contributed by atoms with Crippen molar-refractivity contribution < 1.29 is 14.3 Å². The van der Waals surface area contributed by atoms with E-state index in [0.717, 1.165) is 21.0 Å². The summed E-state index contributed by atoms with van der Waals surface area (Å²) in [6.45, 7) is 3.85. The quantitative estimate of drug-likeness (QED) is 0.268. The highest BCUT2D eigenvalue weighted by molar-refractivity contribution is 8.00. The van der Waals surface area contributed by atoms with Crippen LogP contribution in [0.5, 0.6) is 5.75 Å². The first kappa shape index (κ1) is 24.5. The van der Waals surface area contributed by atoms with E-state index >= 15 is 0 Å². The van der Waals surface area contributed by atoms with Crippen molar-refractivity contribution in [2.75, 3.05) is 17.7 Å². The van der Waals surface area contributed by atoms with Crippen molar-refractivity contribution in [3.05, 3.63) is 89.3 Å². The average Bonchev–Trinajstić information content (AvgIpc) is 3.24. The number of aryl methyl sites for hydroxylation is 1. The number of carbonyl (C=O) groups is 2. The minimum absolute atomic E-state index is 0.129. The number of anilines is 2. The number of rotatable bonds is 8. The molecule has 8 heteroatoms. The maximum atomic E-state index is 12.8. The van der Waals surface area contributed by atoms with Gasteiger partial charge in [-0.05, 0) is 56.3 Å². The minimum atomic E-state index is -0.355. The molecule has 35 heavy (non-hydrogen) atoms. The number of methoxy groups -OCH3 is 1. The molecular formula is C27H25N3O3S2. The Morgan fingerprint density at radius 1 is 0.971 bits per heavy atom. The van der Waals surface area contributed by atoms with Gasteiger partial charge in [-0.15, -0.1) is 23.1 Å². The number of amides is 2. The SMILES string of the molecule is COc1ccc(C(=O)Nc2cccc(SC(C)C(=O)Nc3nc(-c4ccccc4)c(C)s3)c2)cc1. The van der Waals surface area contributed by atoms with E-state index in [1.807, 2.05) is 68.4 Å². The van der Waals surface area contributed by atoms with E-state index in [0.29, 0.717) is 22.1 Å². The van der Waals surface area contributed by atoms with E-state index in [1.54, 1.807) is 31.4 Å². The fraction of sp³-hybridized carbons (Fsp3) is 0.148. The van der Waals surface area contributed by atoms with Gasteiger partial charge in [0.1, 0.15) is 5.75 Å². The van der Waals surface area contributed by atoms with Crippen LogP contribution in [0.3, 0.4) is 0 Å². The number of hydrogen-bond donors (Lipinski definition) is 2. The second-order valence-electron chi connectivity index (χ2n) is 7.75. The van der Waals surface area contributed by atoms with Gasteiger partial charge >= 0.3 is 0 Å². The number of thiazole rings is 1. The zero-order valence-corrected chi connectivity index (χ0v) is 21.2. The predicted octanol–water partition coefficient (Wildman–Crippen LogP) is 6.50. The first-order chi connectivity index (χ1) is 16.9. The largest absolute Gasteiger partial charge is 0.497 e. The second kappa shape index (κ2) is 11.2. The summed E-state index contributed by atoms with van der Waals surface area (Å²) in [5.41, 5.74) is 3.10. The Morgan fingerprint density at radius 2 is 1.71 bits per heavy atom. The third kappa shape index (κ3) is 6.29. The molecule has 2 N–H and O–H groups in total. The van der Waals surface area contributed by atoms with E-state index < -0.39 is 0 Å². The van der Waals surface area contributed by atoms with Crippen molar-refractivity contribution >= 4 is 45.7 Å². The molecule has 1 aromatic heterocycles. The third-order valence-corrected chi connectivity index (χ3v) is 7.18. The molecule has 0 spiro atoms. The fourth-order valence-electron chi connectivity index (χ4n) is 3.37. The van der Waals surface area contributed by atoms with Crippen molar-refractivity contribution in [2.45, 2.75) is 24.0 Å². The van der Waals surface area contributed by atoms with E-state index in [9.17, 15) is 9.59 Å². The smallest absolute Gasteiger partial charge is 0.255 e. The summed E-state index contributed by atoms with van der Waals surface area (Å²) < 4.78 is 5.13. The van der Waals surface area contributed by atoms with E-state index in [2.05, 4.69) is 15.6 Å². The fourth-order valence-corrected chi connectivity index (χ4v) is 5.14. The third-order valence-electron chi connectivity index (χ3n) is 5.20. The van der Waals surface area contributed by atoms with Gasteiger partial charge in [0.05, 0.1) is 18.1 Å². The van der Waals surface area contributed by atoms with Crippen LogP contribution in [0.2, 0.25) is 0 Å². The summed E-state index contributed by atoms with van der Waals surface area (Å²) >= 11 is 2.88. The van der Waals surface area contributed by atoms with Crippen LogP contribution in [0.25, 0.3) is 11.3 Å². The van der Waals surface area contributed by atoms with Crippen LogP contribution < -0.4 is 15.4 Å². The van der Waals surface area contributed by atoms with E-state index in [1.165, 1.54) is 23.1 Å².